The zero-order valence-electron chi connectivity index (χ0n) is 16.2. The van der Waals surface area contributed by atoms with Gasteiger partial charge in [-0.1, -0.05) is 17.7 Å². The first-order valence-electron chi connectivity index (χ1n) is 9.31. The van der Waals surface area contributed by atoms with Gasteiger partial charge < -0.3 is 15.2 Å². The molecule has 3 N–H and O–H groups in total. The van der Waals surface area contributed by atoms with Gasteiger partial charge in [0.25, 0.3) is 5.91 Å². The first-order chi connectivity index (χ1) is 14.3. The molecule has 0 fully saturated rings. The van der Waals surface area contributed by atoms with Gasteiger partial charge in [0.2, 0.25) is 0 Å². The van der Waals surface area contributed by atoms with E-state index in [0.717, 1.165) is 18.9 Å². The van der Waals surface area contributed by atoms with Crippen LogP contribution in [-0.2, 0) is 0 Å². The fraction of sp³-hybridized carbons (Fsp3) is 0.227. The maximum absolute atomic E-state index is 14.5. The number of benzene rings is 2. The van der Waals surface area contributed by atoms with Crippen LogP contribution in [-0.4, -0.2) is 29.8 Å². The van der Waals surface area contributed by atoms with E-state index in [0.29, 0.717) is 29.9 Å². The fourth-order valence-corrected chi connectivity index (χ4v) is 3.68. The number of carbonyl (C=O) groups excluding carboxylic acids is 1. The van der Waals surface area contributed by atoms with Gasteiger partial charge in [-0.3, -0.25) is 10.2 Å². The Morgan fingerprint density at radius 3 is 2.60 bits per heavy atom. The number of ether oxygens (including phenoxy) is 1. The van der Waals surface area contributed by atoms with E-state index in [9.17, 15) is 14.0 Å². The number of methoxy groups -OCH3 is 1. The molecule has 0 saturated heterocycles. The van der Waals surface area contributed by atoms with Crippen molar-refractivity contribution < 1.29 is 23.8 Å². The van der Waals surface area contributed by atoms with Crippen LogP contribution in [0.25, 0.3) is 0 Å². The summed E-state index contributed by atoms with van der Waals surface area (Å²) >= 11 is 6.18. The molecule has 0 aromatic heterocycles. The molecule has 2 aromatic rings. The number of nitrogens with one attached hydrogen (secondary N) is 2. The highest BCUT2D eigenvalue weighted by Crippen LogP contribution is 2.30. The largest absolute Gasteiger partial charge is 0.496 e. The Hall–Kier alpha value is -3.19. The lowest BCUT2D eigenvalue weighted by atomic mass is 9.89. The number of aromatic carboxylic acids is 1. The molecular weight excluding hydrogens is 411 g/mol. The Morgan fingerprint density at radius 2 is 1.93 bits per heavy atom. The number of amides is 1. The van der Waals surface area contributed by atoms with Crippen molar-refractivity contribution in [2.45, 2.75) is 25.7 Å². The van der Waals surface area contributed by atoms with Crippen LogP contribution in [0.15, 0.2) is 47.7 Å². The Morgan fingerprint density at radius 1 is 1.20 bits per heavy atom. The van der Waals surface area contributed by atoms with E-state index in [2.05, 4.69) is 5.32 Å². The quantitative estimate of drug-likeness (QED) is 0.572. The second kappa shape index (κ2) is 9.09. The van der Waals surface area contributed by atoms with Crippen LogP contribution >= 0.6 is 11.6 Å². The smallest absolute Gasteiger partial charge is 0.335 e. The molecule has 0 radical (unpaired) electrons. The minimum atomic E-state index is -1.24. The van der Waals surface area contributed by atoms with E-state index in [1.807, 2.05) is 0 Å². The highest BCUT2D eigenvalue weighted by atomic mass is 35.5. The van der Waals surface area contributed by atoms with Crippen molar-refractivity contribution in [1.29, 1.82) is 5.41 Å². The number of rotatable bonds is 6. The molecule has 1 amide bonds. The van der Waals surface area contributed by atoms with Gasteiger partial charge in [0.1, 0.15) is 17.1 Å². The lowest BCUT2D eigenvalue weighted by Crippen LogP contribution is -2.28. The molecule has 0 saturated carbocycles. The van der Waals surface area contributed by atoms with Gasteiger partial charge in [0.05, 0.1) is 23.4 Å². The van der Waals surface area contributed by atoms with Crippen LogP contribution in [0.1, 0.15) is 52.0 Å². The molecule has 3 rings (SSSR count). The van der Waals surface area contributed by atoms with Crippen molar-refractivity contribution >= 4 is 29.2 Å². The fourth-order valence-electron chi connectivity index (χ4n) is 3.43. The molecule has 0 spiro atoms. The maximum atomic E-state index is 14.5. The average molecular weight is 431 g/mol. The zero-order valence-corrected chi connectivity index (χ0v) is 17.0. The van der Waals surface area contributed by atoms with Gasteiger partial charge in [0.15, 0.2) is 0 Å². The summed E-state index contributed by atoms with van der Waals surface area (Å²) in [5.74, 6) is -2.19. The van der Waals surface area contributed by atoms with Crippen molar-refractivity contribution in [2.24, 2.45) is 0 Å². The number of hydrogen-bond donors (Lipinski definition) is 3. The second-order valence-electron chi connectivity index (χ2n) is 6.81. The Balaban J connectivity index is 1.95. The summed E-state index contributed by atoms with van der Waals surface area (Å²) in [6.45, 7) is 0. The lowest BCUT2D eigenvalue weighted by Gasteiger charge is -2.22. The van der Waals surface area contributed by atoms with E-state index >= 15 is 0 Å². The molecule has 1 aliphatic rings. The van der Waals surface area contributed by atoms with Gasteiger partial charge >= 0.3 is 5.97 Å². The summed E-state index contributed by atoms with van der Waals surface area (Å²) in [5, 5.41) is 20.6. The number of halogens is 2. The van der Waals surface area contributed by atoms with Gasteiger partial charge in [-0.05, 0) is 61.6 Å². The van der Waals surface area contributed by atoms with Crippen molar-refractivity contribution in [2.75, 3.05) is 7.11 Å². The number of hydrogen-bond acceptors (Lipinski definition) is 4. The molecule has 30 heavy (non-hydrogen) atoms. The standard InChI is InChI=1S/C22H20ClFN2O4/c1-30-18-8-4-6-15(23)19(18)21(27)26-17-7-3-2-5-14(17)20(25)13-10-9-12(22(28)29)11-16(13)24/h4,6,8-11,25H,2-3,5,7H2,1H3,(H,26,27)(H,28,29). The SMILES string of the molecule is COc1cccc(Cl)c1C(=O)NC1=C(C(=N)c2ccc(C(=O)O)cc2F)CCCC1. The molecule has 0 atom stereocenters. The number of carboxylic acids is 1. The molecule has 0 bridgehead atoms. The van der Waals surface area contributed by atoms with Crippen LogP contribution in [0.5, 0.6) is 5.75 Å². The number of allylic oxidation sites excluding steroid dienone is 2. The van der Waals surface area contributed by atoms with Crippen LogP contribution < -0.4 is 10.1 Å². The predicted molar refractivity (Wildman–Crippen MR) is 111 cm³/mol. The molecular formula is C22H20ClFN2O4. The third-order valence-electron chi connectivity index (χ3n) is 4.94. The van der Waals surface area contributed by atoms with E-state index in [-0.39, 0.29) is 27.4 Å². The van der Waals surface area contributed by atoms with Crippen molar-refractivity contribution in [3.8, 4) is 5.75 Å². The molecule has 156 valence electrons. The summed E-state index contributed by atoms with van der Waals surface area (Å²) in [4.78, 5) is 23.9. The van der Waals surface area contributed by atoms with E-state index in [1.165, 1.54) is 19.2 Å². The molecule has 1 aliphatic carbocycles. The summed E-state index contributed by atoms with van der Waals surface area (Å²) in [5.41, 5.74) is 0.940. The number of carboxylic acid groups (broad SMARTS) is 1. The van der Waals surface area contributed by atoms with Crippen LogP contribution in [0.4, 0.5) is 4.39 Å². The van der Waals surface area contributed by atoms with Gasteiger partial charge in [-0.15, -0.1) is 0 Å². The second-order valence-corrected chi connectivity index (χ2v) is 7.22. The Kier molecular flexibility index (Phi) is 6.52. The van der Waals surface area contributed by atoms with E-state index in [1.54, 1.807) is 18.2 Å². The summed E-state index contributed by atoms with van der Waals surface area (Å²) < 4.78 is 19.7. The van der Waals surface area contributed by atoms with Gasteiger partial charge in [0, 0.05) is 11.3 Å². The average Bonchev–Trinajstić information content (AvgIpc) is 2.73. The molecule has 6 nitrogen and oxygen atoms in total. The molecule has 0 aliphatic heterocycles. The predicted octanol–water partition coefficient (Wildman–Crippen LogP) is 4.81. The normalized spacial score (nSPS) is 13.7. The zero-order chi connectivity index (χ0) is 21.8. The van der Waals surface area contributed by atoms with Crippen molar-refractivity contribution in [3.63, 3.8) is 0 Å². The summed E-state index contributed by atoms with van der Waals surface area (Å²) in [6.07, 6.45) is 2.62. The van der Waals surface area contributed by atoms with E-state index in [4.69, 9.17) is 26.9 Å². The summed E-state index contributed by atoms with van der Waals surface area (Å²) in [6, 6.07) is 8.30. The topological polar surface area (TPSA) is 99.5 Å². The molecule has 0 unspecified atom stereocenters. The Bertz CT molecular complexity index is 1070. The Labute approximate surface area is 177 Å². The molecule has 8 heteroatoms. The molecule has 2 aromatic carbocycles. The maximum Gasteiger partial charge on any atom is 0.335 e. The third-order valence-corrected chi connectivity index (χ3v) is 5.26. The first kappa shape index (κ1) is 21.5. The third kappa shape index (κ3) is 4.36. The lowest BCUT2D eigenvalue weighted by molar-refractivity contribution is 0.0696. The minimum absolute atomic E-state index is 0.0148. The highest BCUT2D eigenvalue weighted by molar-refractivity contribution is 6.34. The monoisotopic (exact) mass is 430 g/mol. The highest BCUT2D eigenvalue weighted by Gasteiger charge is 2.24. The molecule has 0 heterocycles. The van der Waals surface area contributed by atoms with E-state index < -0.39 is 17.7 Å². The van der Waals surface area contributed by atoms with Gasteiger partial charge in [-0.25, -0.2) is 9.18 Å². The van der Waals surface area contributed by atoms with Crippen molar-refractivity contribution in [3.05, 3.63) is 75.2 Å². The van der Waals surface area contributed by atoms with Crippen LogP contribution in [0, 0.1) is 11.2 Å². The van der Waals surface area contributed by atoms with Crippen LogP contribution in [0.2, 0.25) is 5.02 Å². The number of carbonyl (C=O) groups is 2. The first-order valence-corrected chi connectivity index (χ1v) is 9.69. The van der Waals surface area contributed by atoms with Crippen molar-refractivity contribution in [1.82, 2.24) is 5.32 Å². The summed E-state index contributed by atoms with van der Waals surface area (Å²) in [7, 11) is 1.44. The van der Waals surface area contributed by atoms with Gasteiger partial charge in [-0.2, -0.15) is 0 Å². The van der Waals surface area contributed by atoms with Crippen LogP contribution in [0.3, 0.4) is 0 Å². The minimum Gasteiger partial charge on any atom is -0.496 e.